The average molecular weight is 368 g/mol. The van der Waals surface area contributed by atoms with E-state index in [4.69, 9.17) is 14.2 Å². The zero-order valence-corrected chi connectivity index (χ0v) is 16.2. The van der Waals surface area contributed by atoms with Gasteiger partial charge in [-0.2, -0.15) is 0 Å². The molecule has 1 heterocycles. The minimum absolute atomic E-state index is 0.104. The van der Waals surface area contributed by atoms with Crippen LogP contribution in [0.5, 0.6) is 17.2 Å². The summed E-state index contributed by atoms with van der Waals surface area (Å²) in [6.07, 6.45) is 0. The van der Waals surface area contributed by atoms with Gasteiger partial charge in [0.1, 0.15) is 0 Å². The van der Waals surface area contributed by atoms with Crippen LogP contribution >= 0.6 is 0 Å². The quantitative estimate of drug-likeness (QED) is 0.693. The van der Waals surface area contributed by atoms with Gasteiger partial charge in [0.05, 0.1) is 21.3 Å². The largest absolute Gasteiger partial charge is 0.493 e. The summed E-state index contributed by atoms with van der Waals surface area (Å²) in [4.78, 5) is 15.4. The zero-order chi connectivity index (χ0) is 19.6. The predicted octanol–water partition coefficient (Wildman–Crippen LogP) is 3.78. The number of ether oxygens (including phenoxy) is 3. The number of fused-ring (bicyclic) bond motifs is 1. The van der Waals surface area contributed by atoms with Gasteiger partial charge in [-0.1, -0.05) is 6.07 Å². The zero-order valence-electron chi connectivity index (χ0n) is 16.2. The summed E-state index contributed by atoms with van der Waals surface area (Å²) in [5.41, 5.74) is 4.43. The molecule has 0 unspecified atom stereocenters. The van der Waals surface area contributed by atoms with Crippen LogP contribution in [0.15, 0.2) is 35.1 Å². The second-order valence-corrected chi connectivity index (χ2v) is 6.43. The van der Waals surface area contributed by atoms with Crippen LogP contribution in [-0.2, 0) is 6.54 Å². The third-order valence-corrected chi connectivity index (χ3v) is 4.54. The number of rotatable bonds is 6. The first kappa shape index (κ1) is 18.6. The molecule has 0 saturated heterocycles. The Morgan fingerprint density at radius 1 is 0.926 bits per heavy atom. The van der Waals surface area contributed by atoms with Gasteiger partial charge in [0.25, 0.3) is 5.56 Å². The fourth-order valence-corrected chi connectivity index (χ4v) is 3.23. The number of pyridine rings is 1. The number of hydrogen-bond donors (Lipinski definition) is 2. The Morgan fingerprint density at radius 3 is 2.19 bits per heavy atom. The van der Waals surface area contributed by atoms with Crippen molar-refractivity contribution in [1.82, 2.24) is 4.98 Å². The smallest absolute Gasteiger partial charge is 0.253 e. The third-order valence-electron chi connectivity index (χ3n) is 4.54. The maximum Gasteiger partial charge on any atom is 0.253 e. The highest BCUT2D eigenvalue weighted by Gasteiger charge is 2.13. The highest BCUT2D eigenvalue weighted by molar-refractivity contribution is 5.83. The summed E-state index contributed by atoms with van der Waals surface area (Å²) in [7, 11) is 4.70. The first-order valence-electron chi connectivity index (χ1n) is 8.64. The lowest BCUT2D eigenvalue weighted by Crippen LogP contribution is -2.16. The van der Waals surface area contributed by atoms with E-state index in [2.05, 4.69) is 16.4 Å². The van der Waals surface area contributed by atoms with Crippen molar-refractivity contribution in [1.29, 1.82) is 0 Å². The molecule has 3 aromatic rings. The van der Waals surface area contributed by atoms with Gasteiger partial charge in [-0.15, -0.1) is 0 Å². The number of aromatic nitrogens is 1. The lowest BCUT2D eigenvalue weighted by molar-refractivity contribution is 0.324. The van der Waals surface area contributed by atoms with Crippen molar-refractivity contribution < 1.29 is 14.2 Å². The van der Waals surface area contributed by atoms with Gasteiger partial charge in [0, 0.05) is 40.8 Å². The molecular formula is C21H24N2O4. The molecule has 0 atom stereocenters. The van der Waals surface area contributed by atoms with Gasteiger partial charge in [0.15, 0.2) is 11.5 Å². The molecule has 6 nitrogen and oxygen atoms in total. The number of anilines is 1. The van der Waals surface area contributed by atoms with Crippen molar-refractivity contribution in [2.45, 2.75) is 20.4 Å². The molecule has 0 amide bonds. The van der Waals surface area contributed by atoms with Crippen LogP contribution in [0.1, 0.15) is 16.7 Å². The topological polar surface area (TPSA) is 72.6 Å². The van der Waals surface area contributed by atoms with Gasteiger partial charge in [-0.25, -0.2) is 0 Å². The Kier molecular flexibility index (Phi) is 5.26. The standard InChI is InChI=1S/C21H24N2O4/c1-12-6-13(2)16-8-14(21(24)23-17(16)7-12)11-22-15-9-18(25-3)20(27-5)19(10-15)26-4/h6-10,22H,11H2,1-5H3,(H,23,24). The molecule has 1 aromatic heterocycles. The van der Waals surface area contributed by atoms with Crippen molar-refractivity contribution in [3.05, 3.63) is 57.4 Å². The van der Waals surface area contributed by atoms with E-state index >= 15 is 0 Å². The Bertz CT molecular complexity index is 1020. The summed E-state index contributed by atoms with van der Waals surface area (Å²) in [5.74, 6) is 1.64. The summed E-state index contributed by atoms with van der Waals surface area (Å²) in [6.45, 7) is 4.44. The van der Waals surface area contributed by atoms with Crippen LogP contribution in [-0.4, -0.2) is 26.3 Å². The maximum atomic E-state index is 12.5. The van der Waals surface area contributed by atoms with Crippen molar-refractivity contribution in [2.24, 2.45) is 0 Å². The average Bonchev–Trinajstić information content (AvgIpc) is 2.65. The van der Waals surface area contributed by atoms with Crippen molar-refractivity contribution in [2.75, 3.05) is 26.6 Å². The monoisotopic (exact) mass is 368 g/mol. The van der Waals surface area contributed by atoms with E-state index in [-0.39, 0.29) is 5.56 Å². The minimum atomic E-state index is -0.104. The molecule has 2 aromatic carbocycles. The molecule has 2 N–H and O–H groups in total. The first-order chi connectivity index (χ1) is 13.0. The molecule has 0 aliphatic heterocycles. The molecule has 0 saturated carbocycles. The Labute approximate surface area is 158 Å². The SMILES string of the molecule is COc1cc(NCc2cc3c(C)cc(C)cc3[nH]c2=O)cc(OC)c1OC. The molecule has 0 radical (unpaired) electrons. The summed E-state index contributed by atoms with van der Waals surface area (Å²) >= 11 is 0. The molecule has 6 heteroatoms. The third kappa shape index (κ3) is 3.69. The van der Waals surface area contributed by atoms with Gasteiger partial charge in [-0.3, -0.25) is 4.79 Å². The van der Waals surface area contributed by atoms with E-state index in [1.165, 1.54) is 0 Å². The fourth-order valence-electron chi connectivity index (χ4n) is 3.23. The van der Waals surface area contributed by atoms with Gasteiger partial charge < -0.3 is 24.5 Å². The molecule has 27 heavy (non-hydrogen) atoms. The summed E-state index contributed by atoms with van der Waals surface area (Å²) < 4.78 is 16.1. The highest BCUT2D eigenvalue weighted by Crippen LogP contribution is 2.40. The number of methoxy groups -OCH3 is 3. The van der Waals surface area contributed by atoms with Crippen LogP contribution in [0.4, 0.5) is 5.69 Å². The van der Waals surface area contributed by atoms with Crippen molar-refractivity contribution in [3.63, 3.8) is 0 Å². The van der Waals surface area contributed by atoms with Crippen LogP contribution < -0.4 is 25.1 Å². The van der Waals surface area contributed by atoms with E-state index in [9.17, 15) is 4.79 Å². The van der Waals surface area contributed by atoms with E-state index in [0.29, 0.717) is 29.4 Å². The number of hydrogen-bond acceptors (Lipinski definition) is 5. The molecule has 0 spiro atoms. The van der Waals surface area contributed by atoms with Crippen molar-refractivity contribution in [3.8, 4) is 17.2 Å². The Morgan fingerprint density at radius 2 is 1.59 bits per heavy atom. The number of benzene rings is 2. The van der Waals surface area contributed by atoms with E-state index in [0.717, 1.165) is 27.7 Å². The molecule has 142 valence electrons. The normalized spacial score (nSPS) is 10.7. The summed E-state index contributed by atoms with van der Waals surface area (Å²) in [5, 5.41) is 4.31. The Hall–Kier alpha value is -3.15. The molecule has 0 fully saturated rings. The van der Waals surface area contributed by atoms with Crippen LogP contribution in [0, 0.1) is 13.8 Å². The highest BCUT2D eigenvalue weighted by atomic mass is 16.5. The second kappa shape index (κ2) is 7.61. The lowest BCUT2D eigenvalue weighted by Gasteiger charge is -2.15. The maximum absolute atomic E-state index is 12.5. The molecule has 3 rings (SSSR count). The number of aryl methyl sites for hydroxylation is 2. The number of nitrogens with one attached hydrogen (secondary N) is 2. The van der Waals surface area contributed by atoms with E-state index < -0.39 is 0 Å². The van der Waals surface area contributed by atoms with Gasteiger partial charge in [-0.05, 0) is 37.1 Å². The van der Waals surface area contributed by atoms with Gasteiger partial charge in [0.2, 0.25) is 5.75 Å². The van der Waals surface area contributed by atoms with E-state index in [1.54, 1.807) is 21.3 Å². The molecule has 0 bridgehead atoms. The fraction of sp³-hybridized carbons (Fsp3) is 0.286. The van der Waals surface area contributed by atoms with E-state index in [1.807, 2.05) is 38.1 Å². The minimum Gasteiger partial charge on any atom is -0.493 e. The van der Waals surface area contributed by atoms with Crippen molar-refractivity contribution >= 4 is 16.6 Å². The van der Waals surface area contributed by atoms with Crippen LogP contribution in [0.2, 0.25) is 0 Å². The lowest BCUT2D eigenvalue weighted by atomic mass is 10.0. The molecule has 0 aliphatic carbocycles. The molecule has 0 aliphatic rings. The predicted molar refractivity (Wildman–Crippen MR) is 107 cm³/mol. The van der Waals surface area contributed by atoms with Crippen LogP contribution in [0.25, 0.3) is 10.9 Å². The number of H-pyrrole nitrogens is 1. The Balaban J connectivity index is 1.93. The van der Waals surface area contributed by atoms with Gasteiger partial charge >= 0.3 is 0 Å². The first-order valence-corrected chi connectivity index (χ1v) is 8.64. The number of aromatic amines is 1. The molecular weight excluding hydrogens is 344 g/mol. The second-order valence-electron chi connectivity index (χ2n) is 6.43. The van der Waals surface area contributed by atoms with Crippen LogP contribution in [0.3, 0.4) is 0 Å². The summed E-state index contributed by atoms with van der Waals surface area (Å²) in [6, 6.07) is 9.65.